The Morgan fingerprint density at radius 3 is 2.33 bits per heavy atom. The minimum absolute atomic E-state index is 0.476. The van der Waals surface area contributed by atoms with Gasteiger partial charge in [0.2, 0.25) is 0 Å². The predicted octanol–water partition coefficient (Wildman–Crippen LogP) is 3.22. The maximum absolute atomic E-state index is 5.30. The molecule has 0 atom stereocenters. The Labute approximate surface area is 107 Å². The molecule has 0 aliphatic heterocycles. The first-order chi connectivity index (χ1) is 8.88. The number of methoxy groups -OCH3 is 1. The van der Waals surface area contributed by atoms with E-state index in [1.54, 1.807) is 7.11 Å². The Morgan fingerprint density at radius 1 is 0.944 bits per heavy atom. The third-order valence-corrected chi connectivity index (χ3v) is 2.44. The van der Waals surface area contributed by atoms with Crippen molar-refractivity contribution in [2.45, 2.75) is 6.61 Å². The molecule has 0 aliphatic rings. The molecule has 0 amide bonds. The maximum atomic E-state index is 5.30. The Bertz CT molecular complexity index is 533. The molecule has 0 unspecified atom stereocenters. The van der Waals surface area contributed by atoms with Crippen LogP contribution < -0.4 is 4.74 Å². The Balaban J connectivity index is 1.87. The third kappa shape index (κ3) is 3.57. The molecule has 2 heteroatoms. The van der Waals surface area contributed by atoms with E-state index in [4.69, 9.17) is 9.47 Å². The molecule has 2 aromatic rings. The third-order valence-electron chi connectivity index (χ3n) is 2.44. The first kappa shape index (κ1) is 12.1. The average Bonchev–Trinajstić information content (AvgIpc) is 2.45. The van der Waals surface area contributed by atoms with Crippen LogP contribution in [0.2, 0.25) is 0 Å². The van der Waals surface area contributed by atoms with Gasteiger partial charge in [-0.05, 0) is 35.7 Å². The summed E-state index contributed by atoms with van der Waals surface area (Å²) in [5.74, 6) is 3.78. The molecule has 2 aromatic carbocycles. The van der Waals surface area contributed by atoms with E-state index < -0.39 is 0 Å². The summed E-state index contributed by atoms with van der Waals surface area (Å²) in [5, 5.41) is 0. The molecule has 0 saturated carbocycles. The fourth-order valence-electron chi connectivity index (χ4n) is 1.46. The lowest BCUT2D eigenvalue weighted by Gasteiger charge is -2.01. The highest BCUT2D eigenvalue weighted by atomic mass is 16.5. The van der Waals surface area contributed by atoms with E-state index in [-0.39, 0.29) is 0 Å². The fourth-order valence-corrected chi connectivity index (χ4v) is 1.46. The topological polar surface area (TPSA) is 18.5 Å². The van der Waals surface area contributed by atoms with Crippen LogP contribution in [0.4, 0.5) is 0 Å². The minimum atomic E-state index is 0.476. The van der Waals surface area contributed by atoms with Crippen LogP contribution in [-0.2, 0) is 11.3 Å². The Kier molecular flexibility index (Phi) is 4.27. The van der Waals surface area contributed by atoms with E-state index in [1.165, 1.54) is 0 Å². The van der Waals surface area contributed by atoms with Crippen LogP contribution in [0.3, 0.4) is 0 Å². The van der Waals surface area contributed by atoms with Gasteiger partial charge in [0.05, 0.1) is 7.11 Å². The van der Waals surface area contributed by atoms with Gasteiger partial charge in [0.25, 0.3) is 0 Å². The number of hydrogen-bond donors (Lipinski definition) is 0. The molecule has 18 heavy (non-hydrogen) atoms. The molecule has 0 saturated heterocycles. The highest BCUT2D eigenvalue weighted by Crippen LogP contribution is 2.11. The quantitative estimate of drug-likeness (QED) is 0.764. The monoisotopic (exact) mass is 238 g/mol. The lowest BCUT2D eigenvalue weighted by molar-refractivity contribution is 0.265. The fraction of sp³-hybridized carbons (Fsp3) is 0.125. The number of hydrogen-bond acceptors (Lipinski definition) is 2. The number of rotatable bonds is 3. The van der Waals surface area contributed by atoms with Gasteiger partial charge in [0.15, 0.2) is 0 Å². The molecule has 2 rings (SSSR count). The van der Waals surface area contributed by atoms with Crippen LogP contribution in [0, 0.1) is 12.0 Å². The van der Waals surface area contributed by atoms with E-state index in [0.29, 0.717) is 6.61 Å². The van der Waals surface area contributed by atoms with Crippen molar-refractivity contribution in [3.05, 3.63) is 65.7 Å². The van der Waals surface area contributed by atoms with Crippen molar-refractivity contribution in [2.75, 3.05) is 7.11 Å². The van der Waals surface area contributed by atoms with Gasteiger partial charge in [0.1, 0.15) is 18.5 Å². The van der Waals surface area contributed by atoms with Crippen molar-refractivity contribution in [1.29, 1.82) is 0 Å². The molecular formula is C16H14O2. The van der Waals surface area contributed by atoms with E-state index >= 15 is 0 Å². The van der Waals surface area contributed by atoms with Crippen LogP contribution in [0.15, 0.2) is 54.6 Å². The molecule has 0 spiro atoms. The van der Waals surface area contributed by atoms with E-state index in [1.807, 2.05) is 54.6 Å². The molecular weight excluding hydrogens is 224 g/mol. The van der Waals surface area contributed by atoms with Crippen molar-refractivity contribution < 1.29 is 9.47 Å². The standard InChI is InChI=1S/C16H14O2/c1-17-16-9-7-15(8-10-16)13-18-12-11-14-5-3-2-4-6-14/h2-10H,13H2,1H3. The van der Waals surface area contributed by atoms with E-state index in [0.717, 1.165) is 16.9 Å². The summed E-state index contributed by atoms with van der Waals surface area (Å²) < 4.78 is 10.4. The van der Waals surface area contributed by atoms with Gasteiger partial charge in [-0.1, -0.05) is 30.3 Å². The van der Waals surface area contributed by atoms with Crippen LogP contribution in [0.1, 0.15) is 11.1 Å². The van der Waals surface area contributed by atoms with Crippen LogP contribution in [-0.4, -0.2) is 7.11 Å². The van der Waals surface area contributed by atoms with Crippen molar-refractivity contribution in [2.24, 2.45) is 0 Å². The first-order valence-corrected chi connectivity index (χ1v) is 5.69. The lowest BCUT2D eigenvalue weighted by Crippen LogP contribution is -1.88. The predicted molar refractivity (Wildman–Crippen MR) is 71.1 cm³/mol. The highest BCUT2D eigenvalue weighted by Gasteiger charge is 1.93. The summed E-state index contributed by atoms with van der Waals surface area (Å²) >= 11 is 0. The van der Waals surface area contributed by atoms with Gasteiger partial charge in [-0.2, -0.15) is 0 Å². The Hall–Kier alpha value is -2.40. The SMILES string of the molecule is COc1ccc(COC#Cc2ccccc2)cc1. The Morgan fingerprint density at radius 2 is 1.67 bits per heavy atom. The zero-order valence-electron chi connectivity index (χ0n) is 10.2. The van der Waals surface area contributed by atoms with Crippen LogP contribution in [0.5, 0.6) is 5.75 Å². The molecule has 90 valence electrons. The van der Waals surface area contributed by atoms with Crippen molar-refractivity contribution >= 4 is 0 Å². The zero-order chi connectivity index (χ0) is 12.6. The second kappa shape index (κ2) is 6.36. The normalized spacial score (nSPS) is 9.17. The summed E-state index contributed by atoms with van der Waals surface area (Å²) in [6.07, 6.45) is 2.70. The van der Waals surface area contributed by atoms with Gasteiger partial charge in [-0.25, -0.2) is 0 Å². The summed E-state index contributed by atoms with van der Waals surface area (Å²) in [6.45, 7) is 0.476. The van der Waals surface area contributed by atoms with E-state index in [9.17, 15) is 0 Å². The van der Waals surface area contributed by atoms with E-state index in [2.05, 4.69) is 12.0 Å². The number of ether oxygens (including phenoxy) is 2. The first-order valence-electron chi connectivity index (χ1n) is 5.69. The molecule has 0 fully saturated rings. The lowest BCUT2D eigenvalue weighted by atomic mass is 10.2. The molecule has 0 aromatic heterocycles. The van der Waals surface area contributed by atoms with Crippen molar-refractivity contribution in [1.82, 2.24) is 0 Å². The summed E-state index contributed by atoms with van der Waals surface area (Å²) in [6, 6.07) is 17.5. The summed E-state index contributed by atoms with van der Waals surface area (Å²) in [7, 11) is 1.65. The van der Waals surface area contributed by atoms with Gasteiger partial charge in [0, 0.05) is 5.56 Å². The highest BCUT2D eigenvalue weighted by molar-refractivity contribution is 5.32. The molecule has 2 nitrogen and oxygen atoms in total. The molecule has 0 N–H and O–H groups in total. The smallest absolute Gasteiger partial charge is 0.125 e. The van der Waals surface area contributed by atoms with Crippen molar-refractivity contribution in [3.63, 3.8) is 0 Å². The van der Waals surface area contributed by atoms with Crippen LogP contribution in [0.25, 0.3) is 0 Å². The molecule has 0 heterocycles. The minimum Gasteiger partial charge on any atom is -0.497 e. The second-order valence-electron chi connectivity index (χ2n) is 3.73. The molecule has 0 aliphatic carbocycles. The van der Waals surface area contributed by atoms with Gasteiger partial charge in [-0.3, -0.25) is 0 Å². The largest absolute Gasteiger partial charge is 0.497 e. The molecule has 0 bridgehead atoms. The average molecular weight is 238 g/mol. The van der Waals surface area contributed by atoms with Gasteiger partial charge in [-0.15, -0.1) is 0 Å². The molecule has 0 radical (unpaired) electrons. The number of benzene rings is 2. The van der Waals surface area contributed by atoms with Gasteiger partial charge >= 0.3 is 0 Å². The zero-order valence-corrected chi connectivity index (χ0v) is 10.2. The second-order valence-corrected chi connectivity index (χ2v) is 3.73. The summed E-state index contributed by atoms with van der Waals surface area (Å²) in [5.41, 5.74) is 2.02. The maximum Gasteiger partial charge on any atom is 0.125 e. The van der Waals surface area contributed by atoms with Gasteiger partial charge < -0.3 is 9.47 Å². The van der Waals surface area contributed by atoms with Crippen molar-refractivity contribution in [3.8, 4) is 17.8 Å². The summed E-state index contributed by atoms with van der Waals surface area (Å²) in [4.78, 5) is 0. The van der Waals surface area contributed by atoms with Crippen LogP contribution >= 0.6 is 0 Å².